The van der Waals surface area contributed by atoms with Crippen LogP contribution in [-0.2, 0) is 16.2 Å². The second kappa shape index (κ2) is 13.0. The summed E-state index contributed by atoms with van der Waals surface area (Å²) in [7, 11) is 1.63. The van der Waals surface area contributed by atoms with Gasteiger partial charge in [-0.15, -0.1) is 5.06 Å². The molecule has 0 bridgehead atoms. The number of hydroxylamine groups is 2. The maximum atomic E-state index is 13.5. The van der Waals surface area contributed by atoms with Crippen molar-refractivity contribution in [2.75, 3.05) is 30.8 Å². The molecule has 1 aliphatic rings. The van der Waals surface area contributed by atoms with Gasteiger partial charge < -0.3 is 24.9 Å². The number of halogens is 2. The van der Waals surface area contributed by atoms with Crippen molar-refractivity contribution in [3.05, 3.63) is 77.3 Å². The lowest BCUT2D eigenvalue weighted by Gasteiger charge is -2.33. The summed E-state index contributed by atoms with van der Waals surface area (Å²) in [6, 6.07) is 15.6. The van der Waals surface area contributed by atoms with E-state index >= 15 is 0 Å². The van der Waals surface area contributed by atoms with Crippen LogP contribution in [-0.4, -0.2) is 47.2 Å². The number of aromatic nitrogens is 2. The number of methoxy groups -OCH3 is 1. The Morgan fingerprint density at radius 3 is 2.56 bits per heavy atom. The van der Waals surface area contributed by atoms with Gasteiger partial charge in [0.25, 0.3) is 0 Å². The van der Waals surface area contributed by atoms with E-state index in [-0.39, 0.29) is 24.4 Å². The molecule has 11 heteroatoms. The summed E-state index contributed by atoms with van der Waals surface area (Å²) in [6.07, 6.45) is 3.08. The molecule has 5 rings (SSSR count). The minimum absolute atomic E-state index is 0.163. The van der Waals surface area contributed by atoms with Crippen molar-refractivity contribution in [1.29, 1.82) is 0 Å². The maximum Gasteiger partial charge on any atom is 0.330 e. The Morgan fingerprint density at radius 1 is 1.07 bits per heavy atom. The van der Waals surface area contributed by atoms with E-state index in [1.807, 2.05) is 39.0 Å². The number of nitrogens with zero attached hydrogens (tertiary/aromatic N) is 3. The molecule has 9 nitrogen and oxygen atoms in total. The lowest BCUT2D eigenvalue weighted by atomic mass is 9.98. The molecule has 2 N–H and O–H groups in total. The zero-order chi connectivity index (χ0) is 30.6. The summed E-state index contributed by atoms with van der Waals surface area (Å²) in [4.78, 5) is 26.8. The van der Waals surface area contributed by atoms with Crippen molar-refractivity contribution >= 4 is 45.7 Å². The number of anilines is 3. The second-order valence-corrected chi connectivity index (χ2v) is 11.9. The molecule has 1 saturated heterocycles. The number of fused-ring (bicyclic) bond motifs is 1. The molecule has 1 aliphatic heterocycles. The number of rotatable bonds is 9. The molecule has 0 amide bonds. The van der Waals surface area contributed by atoms with Crippen LogP contribution in [0.15, 0.2) is 60.9 Å². The van der Waals surface area contributed by atoms with Gasteiger partial charge in [0.05, 0.1) is 28.8 Å². The van der Waals surface area contributed by atoms with Crippen molar-refractivity contribution in [3.8, 4) is 11.5 Å². The molecule has 4 aromatic rings. The quantitative estimate of drug-likeness (QED) is 0.206. The van der Waals surface area contributed by atoms with E-state index in [4.69, 9.17) is 25.9 Å². The van der Waals surface area contributed by atoms with Gasteiger partial charge in [-0.3, -0.25) is 0 Å². The Morgan fingerprint density at radius 2 is 1.86 bits per heavy atom. The lowest BCUT2D eigenvalue weighted by Crippen LogP contribution is -2.42. The average molecular weight is 608 g/mol. The van der Waals surface area contributed by atoms with Crippen molar-refractivity contribution in [3.63, 3.8) is 0 Å². The van der Waals surface area contributed by atoms with Crippen LogP contribution in [0.2, 0.25) is 5.02 Å². The molecule has 0 unspecified atom stereocenters. The van der Waals surface area contributed by atoms with E-state index in [9.17, 15) is 9.18 Å². The van der Waals surface area contributed by atoms with Gasteiger partial charge in [0.15, 0.2) is 0 Å². The van der Waals surface area contributed by atoms with Crippen LogP contribution in [0.4, 0.5) is 21.6 Å². The summed E-state index contributed by atoms with van der Waals surface area (Å²) in [6.45, 7) is 7.00. The van der Waals surface area contributed by atoms with Crippen molar-refractivity contribution in [2.24, 2.45) is 5.41 Å². The van der Waals surface area contributed by atoms with E-state index in [1.165, 1.54) is 18.5 Å². The van der Waals surface area contributed by atoms with Crippen LogP contribution in [0, 0.1) is 11.2 Å². The van der Waals surface area contributed by atoms with E-state index in [0.29, 0.717) is 52.2 Å². The van der Waals surface area contributed by atoms with Gasteiger partial charge >= 0.3 is 5.97 Å². The maximum absolute atomic E-state index is 13.5. The average Bonchev–Trinajstić information content (AvgIpc) is 2.97. The topological polar surface area (TPSA) is 97.8 Å². The van der Waals surface area contributed by atoms with Gasteiger partial charge in [0.2, 0.25) is 0 Å². The number of hydrogen-bond acceptors (Lipinski definition) is 9. The first-order valence-corrected chi connectivity index (χ1v) is 14.5. The predicted octanol–water partition coefficient (Wildman–Crippen LogP) is 7.13. The Labute approximate surface area is 255 Å². The Hall–Kier alpha value is -4.15. The number of carbonyl (C=O) groups is 1. The van der Waals surface area contributed by atoms with E-state index in [0.717, 1.165) is 23.9 Å². The number of benzene rings is 3. The molecule has 226 valence electrons. The van der Waals surface area contributed by atoms with Crippen molar-refractivity contribution < 1.29 is 23.5 Å². The first-order chi connectivity index (χ1) is 20.6. The Bertz CT molecular complexity index is 1600. The highest BCUT2D eigenvalue weighted by atomic mass is 35.5. The van der Waals surface area contributed by atoms with Crippen LogP contribution in [0.3, 0.4) is 0 Å². The van der Waals surface area contributed by atoms with Gasteiger partial charge in [-0.2, -0.15) is 0 Å². The highest BCUT2D eigenvalue weighted by Gasteiger charge is 2.28. The third kappa shape index (κ3) is 7.63. The zero-order valence-corrected chi connectivity index (χ0v) is 25.4. The van der Waals surface area contributed by atoms with E-state index < -0.39 is 5.41 Å². The van der Waals surface area contributed by atoms with Gasteiger partial charge in [0.1, 0.15) is 36.1 Å². The summed E-state index contributed by atoms with van der Waals surface area (Å²) in [5.41, 5.74) is 2.40. The van der Waals surface area contributed by atoms with Crippen LogP contribution in [0.1, 0.15) is 39.2 Å². The predicted molar refractivity (Wildman–Crippen MR) is 165 cm³/mol. The largest absolute Gasteiger partial charge is 0.495 e. The molecule has 43 heavy (non-hydrogen) atoms. The SMILES string of the molecule is COc1cc2ncnc(Nc3ccc(OCc4cccc(F)c4)c(Cl)c3)c2cc1NC1CCN(OC(=O)C(C)(C)C)CC1. The van der Waals surface area contributed by atoms with E-state index in [1.54, 1.807) is 36.4 Å². The summed E-state index contributed by atoms with van der Waals surface area (Å²) in [5.74, 6) is 1.21. The first-order valence-electron chi connectivity index (χ1n) is 14.1. The number of hydrogen-bond donors (Lipinski definition) is 2. The number of ether oxygens (including phenoxy) is 2. The van der Waals surface area contributed by atoms with Crippen LogP contribution in [0.5, 0.6) is 11.5 Å². The molecule has 0 aliphatic carbocycles. The minimum atomic E-state index is -0.549. The standard InChI is InChI=1S/C32H35ClFN5O4/c1-32(2,3)31(40)43-39-12-10-22(11-13-39)37-27-16-24-26(17-29(27)41-4)35-19-36-30(24)38-23-8-9-28(25(33)15-23)42-18-20-6-5-7-21(34)14-20/h5-9,14-17,19,22,37H,10-13,18H2,1-4H3,(H,35,36,38). The molecule has 1 aromatic heterocycles. The smallest absolute Gasteiger partial charge is 0.330 e. The fraction of sp³-hybridized carbons (Fsp3) is 0.344. The highest BCUT2D eigenvalue weighted by molar-refractivity contribution is 6.32. The molecule has 0 atom stereocenters. The molecule has 2 heterocycles. The fourth-order valence-electron chi connectivity index (χ4n) is 4.65. The van der Waals surface area contributed by atoms with Gasteiger partial charge in [-0.25, -0.2) is 19.2 Å². The molecule has 0 radical (unpaired) electrons. The monoisotopic (exact) mass is 607 g/mol. The number of carbonyl (C=O) groups excluding carboxylic acids is 1. The zero-order valence-electron chi connectivity index (χ0n) is 24.6. The van der Waals surface area contributed by atoms with Crippen LogP contribution < -0.4 is 20.1 Å². The van der Waals surface area contributed by atoms with Crippen molar-refractivity contribution in [2.45, 2.75) is 46.3 Å². The molecular weight excluding hydrogens is 573 g/mol. The molecule has 0 spiro atoms. The molecule has 1 fully saturated rings. The normalized spacial score (nSPS) is 14.4. The lowest BCUT2D eigenvalue weighted by molar-refractivity contribution is -0.204. The third-order valence-electron chi connectivity index (χ3n) is 7.07. The molecule has 3 aromatic carbocycles. The highest BCUT2D eigenvalue weighted by Crippen LogP contribution is 2.36. The third-order valence-corrected chi connectivity index (χ3v) is 7.37. The summed E-state index contributed by atoms with van der Waals surface area (Å²) < 4.78 is 25.0. The Balaban J connectivity index is 1.28. The second-order valence-electron chi connectivity index (χ2n) is 11.5. The molecule has 0 saturated carbocycles. The van der Waals surface area contributed by atoms with Crippen molar-refractivity contribution in [1.82, 2.24) is 15.0 Å². The van der Waals surface area contributed by atoms with Gasteiger partial charge in [-0.1, -0.05) is 23.7 Å². The van der Waals surface area contributed by atoms with Gasteiger partial charge in [-0.05, 0) is 75.6 Å². The fourth-order valence-corrected chi connectivity index (χ4v) is 4.89. The van der Waals surface area contributed by atoms with Crippen LogP contribution in [0.25, 0.3) is 10.9 Å². The van der Waals surface area contributed by atoms with Gasteiger partial charge in [0, 0.05) is 36.3 Å². The van der Waals surface area contributed by atoms with E-state index in [2.05, 4.69) is 20.6 Å². The summed E-state index contributed by atoms with van der Waals surface area (Å²) >= 11 is 6.52. The minimum Gasteiger partial charge on any atom is -0.495 e. The number of piperidine rings is 1. The summed E-state index contributed by atoms with van der Waals surface area (Å²) in [5, 5.41) is 9.88. The van der Waals surface area contributed by atoms with Crippen LogP contribution >= 0.6 is 11.6 Å². The molecular formula is C32H35ClFN5O4. The number of nitrogens with one attached hydrogen (secondary N) is 2. The Kier molecular flexibility index (Phi) is 9.17. The first kappa shape index (κ1) is 30.3.